The van der Waals surface area contributed by atoms with Crippen LogP contribution in [0, 0.1) is 18.3 Å². The molecule has 8 nitrogen and oxygen atoms in total. The van der Waals surface area contributed by atoms with Crippen molar-refractivity contribution in [2.45, 2.75) is 71.6 Å². The highest BCUT2D eigenvalue weighted by Crippen LogP contribution is 2.27. The van der Waals surface area contributed by atoms with Gasteiger partial charge in [0.1, 0.15) is 17.4 Å². The molecule has 0 spiro atoms. The van der Waals surface area contributed by atoms with Crippen molar-refractivity contribution in [1.29, 1.82) is 5.26 Å². The van der Waals surface area contributed by atoms with Gasteiger partial charge in [-0.2, -0.15) is 5.26 Å². The highest BCUT2D eigenvalue weighted by Gasteiger charge is 2.34. The SMILES string of the molecule is CC(=O)c1c(C)oc(NC(=O)CCCCCCCCCCN2C(=O)c3ccccc3C2=O)c1C#N. The third-order valence-electron chi connectivity index (χ3n) is 6.21. The van der Waals surface area contributed by atoms with Crippen molar-refractivity contribution in [1.82, 2.24) is 4.90 Å². The number of Topliss-reactive ketones (excluding diaryl/α,β-unsaturated/α-hetero) is 1. The van der Waals surface area contributed by atoms with Crippen molar-refractivity contribution in [2.24, 2.45) is 0 Å². The molecule has 8 heteroatoms. The smallest absolute Gasteiger partial charge is 0.261 e. The van der Waals surface area contributed by atoms with Crippen LogP contribution in [0.5, 0.6) is 0 Å². The molecule has 0 atom stereocenters. The predicted octanol–water partition coefficient (Wildman–Crippen LogP) is 5.41. The van der Waals surface area contributed by atoms with Crippen molar-refractivity contribution < 1.29 is 23.6 Å². The average Bonchev–Trinajstić information content (AvgIpc) is 3.28. The van der Waals surface area contributed by atoms with Crippen LogP contribution in [-0.2, 0) is 4.79 Å². The van der Waals surface area contributed by atoms with Gasteiger partial charge in [-0.25, -0.2) is 0 Å². The maximum absolute atomic E-state index is 12.3. The first-order chi connectivity index (χ1) is 16.8. The first-order valence-corrected chi connectivity index (χ1v) is 12.1. The zero-order valence-corrected chi connectivity index (χ0v) is 20.3. The number of rotatable bonds is 13. The monoisotopic (exact) mass is 477 g/mol. The molecule has 184 valence electrons. The molecule has 0 bridgehead atoms. The molecule has 35 heavy (non-hydrogen) atoms. The normalized spacial score (nSPS) is 12.5. The van der Waals surface area contributed by atoms with E-state index in [0.29, 0.717) is 29.9 Å². The molecule has 0 fully saturated rings. The van der Waals surface area contributed by atoms with Crippen LogP contribution >= 0.6 is 0 Å². The number of carbonyl (C=O) groups excluding carboxylic acids is 4. The zero-order valence-electron chi connectivity index (χ0n) is 20.3. The Kier molecular flexibility index (Phi) is 8.96. The Morgan fingerprint density at radius 3 is 2.03 bits per heavy atom. The molecule has 1 aromatic heterocycles. The Morgan fingerprint density at radius 2 is 1.49 bits per heavy atom. The van der Waals surface area contributed by atoms with Gasteiger partial charge >= 0.3 is 0 Å². The number of fused-ring (bicyclic) bond motifs is 1. The highest BCUT2D eigenvalue weighted by atomic mass is 16.4. The minimum absolute atomic E-state index is 0.0430. The zero-order chi connectivity index (χ0) is 25.4. The van der Waals surface area contributed by atoms with Gasteiger partial charge in [-0.05, 0) is 38.8 Å². The summed E-state index contributed by atoms with van der Waals surface area (Å²) < 4.78 is 5.41. The second-order valence-electron chi connectivity index (χ2n) is 8.84. The van der Waals surface area contributed by atoms with E-state index in [1.165, 1.54) is 11.8 Å². The van der Waals surface area contributed by atoms with Gasteiger partial charge < -0.3 is 4.42 Å². The summed E-state index contributed by atoms with van der Waals surface area (Å²) in [5, 5.41) is 11.9. The molecular formula is C27H31N3O5. The van der Waals surface area contributed by atoms with Crippen molar-refractivity contribution in [3.8, 4) is 6.07 Å². The van der Waals surface area contributed by atoms with Gasteiger partial charge in [-0.1, -0.05) is 50.7 Å². The standard InChI is InChI=1S/C27H31N3O5/c1-18(31)24-19(2)35-25(22(24)17-28)29-23(32)15-9-7-5-3-4-6-8-12-16-30-26(33)20-13-10-11-14-21(20)27(30)34/h10-11,13-14H,3-9,12,15-16H2,1-2H3,(H,29,32). The molecule has 3 amide bonds. The fraction of sp³-hybridized carbons (Fsp3) is 0.444. The van der Waals surface area contributed by atoms with Gasteiger partial charge in [-0.3, -0.25) is 29.4 Å². The molecule has 0 aliphatic carbocycles. The van der Waals surface area contributed by atoms with E-state index in [-0.39, 0.29) is 40.5 Å². The molecule has 0 radical (unpaired) electrons. The highest BCUT2D eigenvalue weighted by molar-refractivity contribution is 6.21. The topological polar surface area (TPSA) is 120 Å². The molecule has 1 aromatic carbocycles. The number of anilines is 1. The number of carbonyl (C=O) groups is 4. The van der Waals surface area contributed by atoms with E-state index in [2.05, 4.69) is 5.32 Å². The largest absolute Gasteiger partial charge is 0.443 e. The summed E-state index contributed by atoms with van der Waals surface area (Å²) >= 11 is 0. The number of nitrogens with one attached hydrogen (secondary N) is 1. The number of ketones is 1. The molecule has 1 aliphatic rings. The molecule has 2 aromatic rings. The Balaban J connectivity index is 1.24. The molecule has 0 unspecified atom stereocenters. The number of hydrogen-bond acceptors (Lipinski definition) is 6. The summed E-state index contributed by atoms with van der Waals surface area (Å²) in [6, 6.07) is 8.88. The first-order valence-electron chi connectivity index (χ1n) is 12.1. The number of amides is 3. The minimum atomic E-state index is -0.271. The number of benzene rings is 1. The number of unbranched alkanes of at least 4 members (excludes halogenated alkanes) is 7. The van der Waals surface area contributed by atoms with Crippen LogP contribution in [0.15, 0.2) is 28.7 Å². The van der Waals surface area contributed by atoms with Gasteiger partial charge in [0.25, 0.3) is 11.8 Å². The third-order valence-corrected chi connectivity index (χ3v) is 6.21. The van der Waals surface area contributed by atoms with Gasteiger partial charge in [0.15, 0.2) is 5.78 Å². The Morgan fingerprint density at radius 1 is 0.943 bits per heavy atom. The van der Waals surface area contributed by atoms with Gasteiger partial charge in [-0.15, -0.1) is 0 Å². The van der Waals surface area contributed by atoms with Crippen LogP contribution in [0.25, 0.3) is 0 Å². The van der Waals surface area contributed by atoms with E-state index in [1.54, 1.807) is 31.2 Å². The summed E-state index contributed by atoms with van der Waals surface area (Å²) in [7, 11) is 0. The molecule has 0 saturated carbocycles. The Labute approximate surface area is 205 Å². The van der Waals surface area contributed by atoms with Crippen LogP contribution in [-0.4, -0.2) is 34.9 Å². The number of imide groups is 1. The number of hydrogen-bond donors (Lipinski definition) is 1. The Hall–Kier alpha value is -3.73. The van der Waals surface area contributed by atoms with Gasteiger partial charge in [0.2, 0.25) is 11.8 Å². The second kappa shape index (κ2) is 12.1. The van der Waals surface area contributed by atoms with Crippen LogP contribution in [0.3, 0.4) is 0 Å². The van der Waals surface area contributed by atoms with Crippen LogP contribution in [0.1, 0.15) is 107 Å². The van der Waals surface area contributed by atoms with Crippen molar-refractivity contribution in [3.05, 3.63) is 52.3 Å². The minimum Gasteiger partial charge on any atom is -0.443 e. The molecule has 0 saturated heterocycles. The number of furan rings is 1. The lowest BCUT2D eigenvalue weighted by Gasteiger charge is -2.13. The van der Waals surface area contributed by atoms with E-state index in [4.69, 9.17) is 4.42 Å². The quantitative estimate of drug-likeness (QED) is 0.234. The van der Waals surface area contributed by atoms with E-state index in [1.807, 2.05) is 6.07 Å². The molecular weight excluding hydrogens is 446 g/mol. The number of nitriles is 1. The van der Waals surface area contributed by atoms with Crippen molar-refractivity contribution >= 4 is 29.4 Å². The van der Waals surface area contributed by atoms with E-state index >= 15 is 0 Å². The van der Waals surface area contributed by atoms with Gasteiger partial charge in [0.05, 0.1) is 16.7 Å². The first kappa shape index (κ1) is 25.9. The van der Waals surface area contributed by atoms with E-state index in [9.17, 15) is 24.4 Å². The van der Waals surface area contributed by atoms with E-state index in [0.717, 1.165) is 51.4 Å². The predicted molar refractivity (Wildman–Crippen MR) is 130 cm³/mol. The molecule has 3 rings (SSSR count). The lowest BCUT2D eigenvalue weighted by molar-refractivity contribution is -0.116. The summed E-state index contributed by atoms with van der Waals surface area (Å²) in [5.41, 5.74) is 1.28. The fourth-order valence-electron chi connectivity index (χ4n) is 4.41. The number of aryl methyl sites for hydroxylation is 1. The summed E-state index contributed by atoms with van der Waals surface area (Å²) in [5.74, 6) is -0.528. The summed E-state index contributed by atoms with van der Waals surface area (Å²) in [4.78, 5) is 49.9. The van der Waals surface area contributed by atoms with E-state index < -0.39 is 0 Å². The third kappa shape index (κ3) is 6.24. The maximum Gasteiger partial charge on any atom is 0.261 e. The van der Waals surface area contributed by atoms with Crippen molar-refractivity contribution in [2.75, 3.05) is 11.9 Å². The molecule has 2 heterocycles. The Bertz CT molecular complexity index is 1120. The second-order valence-corrected chi connectivity index (χ2v) is 8.84. The average molecular weight is 478 g/mol. The van der Waals surface area contributed by atoms with Crippen LogP contribution < -0.4 is 5.32 Å². The summed E-state index contributed by atoms with van der Waals surface area (Å²) in [6.07, 6.45) is 7.92. The number of nitrogens with zero attached hydrogens (tertiary/aromatic N) is 2. The lowest BCUT2D eigenvalue weighted by atomic mass is 10.1. The summed E-state index contributed by atoms with van der Waals surface area (Å²) in [6.45, 7) is 3.41. The van der Waals surface area contributed by atoms with Crippen molar-refractivity contribution in [3.63, 3.8) is 0 Å². The maximum atomic E-state index is 12.3. The molecule has 1 aliphatic heterocycles. The molecule has 1 N–H and O–H groups in total. The lowest BCUT2D eigenvalue weighted by Crippen LogP contribution is -2.30. The van der Waals surface area contributed by atoms with Gasteiger partial charge in [0, 0.05) is 13.0 Å². The van der Waals surface area contributed by atoms with Crippen LogP contribution in [0.4, 0.5) is 5.88 Å². The fourth-order valence-corrected chi connectivity index (χ4v) is 4.41. The van der Waals surface area contributed by atoms with Crippen LogP contribution in [0.2, 0.25) is 0 Å².